The quantitative estimate of drug-likeness (QED) is 0.706. The Morgan fingerprint density at radius 2 is 1.97 bits per heavy atom. The summed E-state index contributed by atoms with van der Waals surface area (Å²) in [5.41, 5.74) is 1.23. The van der Waals surface area contributed by atoms with Crippen molar-refractivity contribution in [3.8, 4) is 5.75 Å². The predicted octanol–water partition coefficient (Wildman–Crippen LogP) is 2.81. The van der Waals surface area contributed by atoms with Gasteiger partial charge in [-0.25, -0.2) is 9.59 Å². The molecule has 1 fully saturated rings. The molecule has 1 aromatic carbocycles. The van der Waals surface area contributed by atoms with Gasteiger partial charge in [-0.1, -0.05) is 0 Å². The molecule has 1 atom stereocenters. The SMILES string of the molecule is COC(=O)c1cc(OC)c(N2CC[C@H](N(C)C(=O)OC(C)(C)C)C2)c2cn(C)nc12. The number of rotatable bonds is 4. The van der Waals surface area contributed by atoms with Crippen LogP contribution in [0.3, 0.4) is 0 Å². The van der Waals surface area contributed by atoms with Gasteiger partial charge in [0.05, 0.1) is 31.5 Å². The zero-order valence-corrected chi connectivity index (χ0v) is 18.7. The Labute approximate surface area is 176 Å². The lowest BCUT2D eigenvalue weighted by atomic mass is 10.1. The molecule has 9 nitrogen and oxygen atoms in total. The summed E-state index contributed by atoms with van der Waals surface area (Å²) in [6.45, 7) is 6.91. The van der Waals surface area contributed by atoms with Crippen molar-refractivity contribution in [1.29, 1.82) is 0 Å². The first kappa shape index (κ1) is 21.7. The van der Waals surface area contributed by atoms with Gasteiger partial charge in [0.2, 0.25) is 0 Å². The third kappa shape index (κ3) is 4.15. The minimum absolute atomic E-state index is 0.00318. The number of hydrogen-bond acceptors (Lipinski definition) is 7. The summed E-state index contributed by atoms with van der Waals surface area (Å²) in [7, 11) is 6.48. The van der Waals surface area contributed by atoms with E-state index < -0.39 is 11.6 Å². The van der Waals surface area contributed by atoms with Gasteiger partial charge in [-0.05, 0) is 33.3 Å². The Hall–Kier alpha value is -2.97. The molecule has 9 heteroatoms. The van der Waals surface area contributed by atoms with E-state index in [1.807, 2.05) is 27.0 Å². The standard InChI is InChI=1S/C21H30N4O5/c1-21(2,3)30-20(27)24(5)13-8-9-25(11-13)18-15-12-23(4)22-17(15)14(19(26)29-7)10-16(18)28-6/h10,12-13H,8-9,11H2,1-7H3/t13-/m0/s1. The summed E-state index contributed by atoms with van der Waals surface area (Å²) >= 11 is 0. The van der Waals surface area contributed by atoms with E-state index in [0.29, 0.717) is 23.4 Å². The zero-order valence-electron chi connectivity index (χ0n) is 18.7. The molecule has 0 radical (unpaired) electrons. The fraction of sp³-hybridized carbons (Fsp3) is 0.571. The van der Waals surface area contributed by atoms with Gasteiger partial charge in [0, 0.05) is 38.8 Å². The number of aryl methyl sites for hydroxylation is 1. The molecule has 1 aliphatic heterocycles. The molecule has 1 aromatic heterocycles. The molecule has 3 rings (SSSR count). The fourth-order valence-electron chi connectivity index (χ4n) is 3.75. The van der Waals surface area contributed by atoms with Gasteiger partial charge in [0.25, 0.3) is 0 Å². The number of anilines is 1. The average molecular weight is 418 g/mol. The van der Waals surface area contributed by atoms with Crippen LogP contribution in [0.2, 0.25) is 0 Å². The van der Waals surface area contributed by atoms with E-state index in [4.69, 9.17) is 14.2 Å². The lowest BCUT2D eigenvalue weighted by Gasteiger charge is -2.29. The van der Waals surface area contributed by atoms with Crippen LogP contribution in [0.4, 0.5) is 10.5 Å². The Morgan fingerprint density at radius 3 is 2.57 bits per heavy atom. The van der Waals surface area contributed by atoms with Crippen LogP contribution in [-0.4, -0.2) is 72.7 Å². The van der Waals surface area contributed by atoms with Gasteiger partial charge in [-0.15, -0.1) is 0 Å². The van der Waals surface area contributed by atoms with Gasteiger partial charge < -0.3 is 24.0 Å². The number of esters is 1. The maximum absolute atomic E-state index is 12.5. The van der Waals surface area contributed by atoms with E-state index >= 15 is 0 Å². The molecule has 0 unspecified atom stereocenters. The van der Waals surface area contributed by atoms with E-state index in [9.17, 15) is 9.59 Å². The Kier molecular flexibility index (Phi) is 5.83. The number of hydrogen-bond donors (Lipinski definition) is 0. The van der Waals surface area contributed by atoms with Crippen LogP contribution in [0, 0.1) is 0 Å². The van der Waals surface area contributed by atoms with E-state index in [1.54, 1.807) is 36.9 Å². The van der Waals surface area contributed by atoms with E-state index in [2.05, 4.69) is 10.00 Å². The molecule has 1 aliphatic rings. The van der Waals surface area contributed by atoms with Gasteiger partial charge in [-0.3, -0.25) is 4.68 Å². The molecule has 164 valence electrons. The molecule has 1 saturated heterocycles. The van der Waals surface area contributed by atoms with Crippen molar-refractivity contribution < 1.29 is 23.8 Å². The van der Waals surface area contributed by atoms with E-state index in [-0.39, 0.29) is 12.1 Å². The van der Waals surface area contributed by atoms with E-state index in [0.717, 1.165) is 24.0 Å². The van der Waals surface area contributed by atoms with Crippen LogP contribution < -0.4 is 9.64 Å². The number of methoxy groups -OCH3 is 2. The van der Waals surface area contributed by atoms with Crippen molar-refractivity contribution in [2.24, 2.45) is 7.05 Å². The number of fused-ring (bicyclic) bond motifs is 1. The van der Waals surface area contributed by atoms with Crippen molar-refractivity contribution in [2.45, 2.75) is 38.8 Å². The highest BCUT2D eigenvalue weighted by molar-refractivity contribution is 6.08. The second kappa shape index (κ2) is 8.04. The minimum atomic E-state index is -0.543. The van der Waals surface area contributed by atoms with Crippen molar-refractivity contribution in [2.75, 3.05) is 39.3 Å². The Balaban J connectivity index is 1.94. The third-order valence-corrected chi connectivity index (χ3v) is 5.18. The molecule has 0 bridgehead atoms. The molecule has 30 heavy (non-hydrogen) atoms. The molecule has 0 N–H and O–H groups in total. The summed E-state index contributed by atoms with van der Waals surface area (Å²) in [4.78, 5) is 28.6. The maximum Gasteiger partial charge on any atom is 0.410 e. The van der Waals surface area contributed by atoms with Crippen LogP contribution >= 0.6 is 0 Å². The molecular formula is C21H30N4O5. The lowest BCUT2D eigenvalue weighted by molar-refractivity contribution is 0.0237. The molecule has 2 heterocycles. The molecule has 1 amide bonds. The van der Waals surface area contributed by atoms with Crippen molar-refractivity contribution in [3.63, 3.8) is 0 Å². The Bertz CT molecular complexity index is 962. The first-order valence-corrected chi connectivity index (χ1v) is 9.89. The van der Waals surface area contributed by atoms with Crippen LogP contribution in [-0.2, 0) is 16.5 Å². The van der Waals surface area contributed by atoms with Crippen LogP contribution in [0.25, 0.3) is 10.9 Å². The first-order valence-electron chi connectivity index (χ1n) is 9.89. The largest absolute Gasteiger partial charge is 0.495 e. The maximum atomic E-state index is 12.5. The van der Waals surface area contributed by atoms with Gasteiger partial charge >= 0.3 is 12.1 Å². The van der Waals surface area contributed by atoms with Gasteiger partial charge in [0.1, 0.15) is 16.9 Å². The molecule has 0 spiro atoms. The zero-order chi connectivity index (χ0) is 22.2. The van der Waals surface area contributed by atoms with Crippen LogP contribution in [0.15, 0.2) is 12.3 Å². The predicted molar refractivity (Wildman–Crippen MR) is 113 cm³/mol. The molecule has 0 saturated carbocycles. The summed E-state index contributed by atoms with van der Waals surface area (Å²) in [6.07, 6.45) is 2.32. The molecule has 0 aliphatic carbocycles. The lowest BCUT2D eigenvalue weighted by Crippen LogP contribution is -2.42. The van der Waals surface area contributed by atoms with Crippen molar-refractivity contribution in [3.05, 3.63) is 17.8 Å². The summed E-state index contributed by atoms with van der Waals surface area (Å²) < 4.78 is 17.7. The highest BCUT2D eigenvalue weighted by atomic mass is 16.6. The second-order valence-corrected chi connectivity index (χ2v) is 8.51. The third-order valence-electron chi connectivity index (χ3n) is 5.18. The van der Waals surface area contributed by atoms with Gasteiger partial charge in [0.15, 0.2) is 0 Å². The number of carbonyl (C=O) groups is 2. The number of nitrogens with zero attached hydrogens (tertiary/aromatic N) is 4. The number of amides is 1. The summed E-state index contributed by atoms with van der Waals surface area (Å²) in [6, 6.07) is 1.66. The van der Waals surface area contributed by atoms with Crippen LogP contribution in [0.1, 0.15) is 37.6 Å². The molecule has 2 aromatic rings. The van der Waals surface area contributed by atoms with Gasteiger partial charge in [-0.2, -0.15) is 5.10 Å². The minimum Gasteiger partial charge on any atom is -0.495 e. The Morgan fingerprint density at radius 1 is 1.27 bits per heavy atom. The van der Waals surface area contributed by atoms with Crippen LogP contribution in [0.5, 0.6) is 5.75 Å². The fourth-order valence-corrected chi connectivity index (χ4v) is 3.75. The second-order valence-electron chi connectivity index (χ2n) is 8.51. The first-order chi connectivity index (χ1) is 14.1. The summed E-state index contributed by atoms with van der Waals surface area (Å²) in [5.74, 6) is 0.101. The average Bonchev–Trinajstić information content (AvgIpc) is 3.30. The summed E-state index contributed by atoms with van der Waals surface area (Å²) in [5, 5.41) is 5.26. The van der Waals surface area contributed by atoms with Crippen molar-refractivity contribution in [1.82, 2.24) is 14.7 Å². The monoisotopic (exact) mass is 418 g/mol. The smallest absolute Gasteiger partial charge is 0.410 e. The highest BCUT2D eigenvalue weighted by Gasteiger charge is 2.34. The number of carbonyl (C=O) groups excluding carboxylic acids is 2. The van der Waals surface area contributed by atoms with E-state index in [1.165, 1.54) is 7.11 Å². The number of benzene rings is 1. The number of aromatic nitrogens is 2. The molecular weight excluding hydrogens is 388 g/mol. The number of ether oxygens (including phenoxy) is 3. The van der Waals surface area contributed by atoms with Crippen molar-refractivity contribution >= 4 is 28.7 Å². The normalized spacial score (nSPS) is 16.6. The number of likely N-dealkylation sites (N-methyl/N-ethyl adjacent to an activating group) is 1. The highest BCUT2D eigenvalue weighted by Crippen LogP contribution is 2.40. The topological polar surface area (TPSA) is 86.1 Å².